The van der Waals surface area contributed by atoms with E-state index < -0.39 is 23.8 Å². The molecule has 2 aromatic rings. The summed E-state index contributed by atoms with van der Waals surface area (Å²) in [6.07, 6.45) is 1.15. The van der Waals surface area contributed by atoms with Gasteiger partial charge in [-0.15, -0.1) is 34.4 Å². The van der Waals surface area contributed by atoms with Crippen LogP contribution in [0.1, 0.15) is 42.4 Å². The summed E-state index contributed by atoms with van der Waals surface area (Å²) in [5.41, 5.74) is 0. The van der Waals surface area contributed by atoms with E-state index in [-0.39, 0.29) is 53.1 Å². The molecular formula is C23H24N2O4S4. The zero-order valence-corrected chi connectivity index (χ0v) is 21.4. The normalized spacial score (nSPS) is 35.1. The Labute approximate surface area is 208 Å². The molecule has 174 valence electrons. The van der Waals surface area contributed by atoms with Gasteiger partial charge in [-0.2, -0.15) is 0 Å². The molecule has 2 bridgehead atoms. The van der Waals surface area contributed by atoms with Crippen molar-refractivity contribution >= 4 is 64.4 Å². The number of likely N-dealkylation sites (tertiary alicyclic amines) is 1. The Balaban J connectivity index is 1.41. The number of carbonyl (C=O) groups excluding carboxylic acids is 2. The average molecular weight is 521 g/mol. The molecule has 0 radical (unpaired) electrons. The van der Waals surface area contributed by atoms with Crippen molar-refractivity contribution in [3.05, 3.63) is 31.2 Å². The number of rotatable bonds is 5. The smallest absolute Gasteiger partial charge is 0.326 e. The highest BCUT2D eigenvalue weighted by Gasteiger charge is 2.70. The molecule has 4 heterocycles. The van der Waals surface area contributed by atoms with Gasteiger partial charge < -0.3 is 10.1 Å². The van der Waals surface area contributed by atoms with Crippen LogP contribution in [0.5, 0.6) is 0 Å². The molecule has 1 saturated heterocycles. The molecule has 6 rings (SSSR count). The minimum atomic E-state index is -1.09. The van der Waals surface area contributed by atoms with Crippen molar-refractivity contribution in [1.29, 1.82) is 0 Å². The highest BCUT2D eigenvalue weighted by molar-refractivity contribution is 8.00. The zero-order valence-electron chi connectivity index (χ0n) is 18.1. The Morgan fingerprint density at radius 3 is 2.64 bits per heavy atom. The van der Waals surface area contributed by atoms with Gasteiger partial charge in [-0.25, -0.2) is 4.79 Å². The molecule has 2 N–H and O–H groups in total. The third-order valence-electron chi connectivity index (χ3n) is 7.90. The summed E-state index contributed by atoms with van der Waals surface area (Å²) < 4.78 is 0.762. The molecule has 3 fully saturated rings. The number of aromatic amines is 1. The van der Waals surface area contributed by atoms with Gasteiger partial charge in [-0.05, 0) is 60.2 Å². The van der Waals surface area contributed by atoms with Crippen LogP contribution in [0.15, 0.2) is 22.5 Å². The van der Waals surface area contributed by atoms with E-state index in [2.05, 4.69) is 22.5 Å². The van der Waals surface area contributed by atoms with Gasteiger partial charge in [0.25, 0.3) is 0 Å². The standard InChI is InChI=1S/C23H24N2O4S4/c1-8(2)6-11(22(28)29)25-20(26)14-9-7-10(15(14)21(25)27)17-13(9)16(12-4-3-5-31-12)18-19(32-17)24-23(30)33-18/h3-5,8-11,13-17H,6-7H2,1-2H3,(H,24,30)(H,28,29). The van der Waals surface area contributed by atoms with Crippen LogP contribution in [-0.4, -0.2) is 44.1 Å². The Morgan fingerprint density at radius 2 is 2.00 bits per heavy atom. The number of thiazole rings is 1. The number of thioether (sulfide) groups is 1. The number of carboxylic acid groups (broad SMARTS) is 1. The van der Waals surface area contributed by atoms with Gasteiger partial charge in [0.1, 0.15) is 6.04 Å². The summed E-state index contributed by atoms with van der Waals surface area (Å²) in [5.74, 6) is -1.73. The Morgan fingerprint density at radius 1 is 1.27 bits per heavy atom. The molecular weight excluding hydrogens is 497 g/mol. The lowest BCUT2D eigenvalue weighted by Gasteiger charge is -2.42. The summed E-state index contributed by atoms with van der Waals surface area (Å²) in [7, 11) is 0. The Kier molecular flexibility index (Phi) is 5.18. The lowest BCUT2D eigenvalue weighted by Crippen LogP contribution is -2.47. The lowest BCUT2D eigenvalue weighted by atomic mass is 9.69. The van der Waals surface area contributed by atoms with Gasteiger partial charge in [-0.3, -0.25) is 14.5 Å². The summed E-state index contributed by atoms with van der Waals surface area (Å²) in [4.78, 5) is 46.3. The van der Waals surface area contributed by atoms with Crippen LogP contribution >= 0.6 is 46.7 Å². The number of amides is 2. The van der Waals surface area contributed by atoms with Crippen molar-refractivity contribution in [1.82, 2.24) is 9.88 Å². The number of imide groups is 1. The van der Waals surface area contributed by atoms with Crippen molar-refractivity contribution in [2.45, 2.75) is 48.9 Å². The molecule has 2 aliphatic heterocycles. The number of hydrogen-bond donors (Lipinski definition) is 2. The Hall–Kier alpha value is -1.49. The SMILES string of the molecule is CC(C)CC(C(=O)O)N1C(=O)C2C3CC(C2C1=O)C1C(c2cccs2)c2sc(=S)[nH]c2SC31. The van der Waals surface area contributed by atoms with Gasteiger partial charge in [0.15, 0.2) is 3.95 Å². The number of aliphatic carboxylic acids is 1. The molecule has 10 heteroatoms. The van der Waals surface area contributed by atoms with Crippen LogP contribution in [0.25, 0.3) is 0 Å². The van der Waals surface area contributed by atoms with Crippen molar-refractivity contribution in [2.75, 3.05) is 0 Å². The summed E-state index contributed by atoms with van der Waals surface area (Å²) in [6.45, 7) is 3.84. The molecule has 2 aromatic heterocycles. The predicted octanol–water partition coefficient (Wildman–Crippen LogP) is 4.84. The van der Waals surface area contributed by atoms with Crippen molar-refractivity contribution in [3.8, 4) is 0 Å². The van der Waals surface area contributed by atoms with Gasteiger partial charge >= 0.3 is 5.97 Å². The number of nitrogens with one attached hydrogen (secondary N) is 1. The number of thiophene rings is 1. The second kappa shape index (κ2) is 7.76. The van der Waals surface area contributed by atoms with Crippen molar-refractivity contribution < 1.29 is 19.5 Å². The summed E-state index contributed by atoms with van der Waals surface area (Å²) in [6, 6.07) is 3.15. The number of nitrogens with zero attached hydrogens (tertiary/aromatic N) is 1. The maximum atomic E-state index is 13.6. The fourth-order valence-corrected chi connectivity index (χ4v) is 11.2. The second-order valence-corrected chi connectivity index (χ2v) is 13.9. The maximum absolute atomic E-state index is 13.6. The van der Waals surface area contributed by atoms with Crippen LogP contribution < -0.4 is 0 Å². The first-order chi connectivity index (χ1) is 15.8. The lowest BCUT2D eigenvalue weighted by molar-refractivity contribution is -0.156. The summed E-state index contributed by atoms with van der Waals surface area (Å²) >= 11 is 10.6. The fourth-order valence-electron chi connectivity index (χ4n) is 6.90. The minimum absolute atomic E-state index is 0.0734. The maximum Gasteiger partial charge on any atom is 0.326 e. The van der Waals surface area contributed by atoms with Crippen LogP contribution in [0.2, 0.25) is 0 Å². The zero-order chi connectivity index (χ0) is 23.2. The molecule has 2 aliphatic carbocycles. The predicted molar refractivity (Wildman–Crippen MR) is 130 cm³/mol. The molecule has 8 unspecified atom stereocenters. The van der Waals surface area contributed by atoms with Crippen LogP contribution in [0.3, 0.4) is 0 Å². The first-order valence-electron chi connectivity index (χ1n) is 11.3. The van der Waals surface area contributed by atoms with E-state index in [0.29, 0.717) is 0 Å². The van der Waals surface area contributed by atoms with E-state index in [1.165, 1.54) is 9.75 Å². The average Bonchev–Trinajstić information content (AvgIpc) is 3.54. The molecule has 0 aromatic carbocycles. The summed E-state index contributed by atoms with van der Waals surface area (Å²) in [5, 5.41) is 13.3. The topological polar surface area (TPSA) is 90.5 Å². The van der Waals surface area contributed by atoms with Crippen LogP contribution in [-0.2, 0) is 14.4 Å². The van der Waals surface area contributed by atoms with Gasteiger partial charge in [0, 0.05) is 20.9 Å². The highest BCUT2D eigenvalue weighted by Crippen LogP contribution is 2.69. The largest absolute Gasteiger partial charge is 0.480 e. The number of fused-ring (bicyclic) bond motifs is 9. The Bertz CT molecular complexity index is 1200. The molecule has 33 heavy (non-hydrogen) atoms. The van der Waals surface area contributed by atoms with E-state index >= 15 is 0 Å². The van der Waals surface area contributed by atoms with Gasteiger partial charge in [0.2, 0.25) is 11.8 Å². The van der Waals surface area contributed by atoms with Crippen molar-refractivity contribution in [2.24, 2.45) is 35.5 Å². The molecule has 6 nitrogen and oxygen atoms in total. The number of carbonyl (C=O) groups is 3. The quantitative estimate of drug-likeness (QED) is 0.433. The van der Waals surface area contributed by atoms with Crippen LogP contribution in [0, 0.1) is 39.5 Å². The first-order valence-corrected chi connectivity index (χ1v) is 14.3. The molecule has 2 amide bonds. The first kappa shape index (κ1) is 22.0. The third-order valence-corrected chi connectivity index (χ3v) is 11.8. The third kappa shape index (κ3) is 3.10. The van der Waals surface area contributed by atoms with E-state index in [1.54, 1.807) is 34.4 Å². The molecule has 0 spiro atoms. The molecule has 8 atom stereocenters. The van der Waals surface area contributed by atoms with Gasteiger partial charge in [-0.1, -0.05) is 19.9 Å². The fraction of sp³-hybridized carbons (Fsp3) is 0.565. The van der Waals surface area contributed by atoms with E-state index in [1.807, 2.05) is 13.8 Å². The number of hydrogen-bond acceptors (Lipinski definition) is 7. The number of carboxylic acids is 1. The highest BCUT2D eigenvalue weighted by atomic mass is 32.2. The van der Waals surface area contributed by atoms with Crippen molar-refractivity contribution in [3.63, 3.8) is 0 Å². The number of aromatic nitrogens is 1. The van der Waals surface area contributed by atoms with E-state index in [9.17, 15) is 19.5 Å². The second-order valence-electron chi connectivity index (χ2n) is 10.0. The number of H-pyrrole nitrogens is 1. The molecule has 2 saturated carbocycles. The minimum Gasteiger partial charge on any atom is -0.480 e. The van der Waals surface area contributed by atoms with E-state index in [0.717, 1.165) is 20.3 Å². The monoisotopic (exact) mass is 520 g/mol. The van der Waals surface area contributed by atoms with E-state index in [4.69, 9.17) is 12.2 Å². The van der Waals surface area contributed by atoms with Gasteiger partial charge in [0.05, 0.1) is 16.9 Å². The van der Waals surface area contributed by atoms with Crippen LogP contribution in [0.4, 0.5) is 0 Å². The molecule has 4 aliphatic rings.